The van der Waals surface area contributed by atoms with Gasteiger partial charge in [0.05, 0.1) is 6.61 Å². The summed E-state index contributed by atoms with van der Waals surface area (Å²) in [6, 6.07) is 16.8. The number of nitrogens with two attached hydrogens (primary N) is 1. The van der Waals surface area contributed by atoms with Gasteiger partial charge in [-0.15, -0.1) is 0 Å². The molecule has 2 aromatic rings. The summed E-state index contributed by atoms with van der Waals surface area (Å²) in [5.41, 5.74) is 4.95. The van der Waals surface area contributed by atoms with E-state index in [1.54, 1.807) is 0 Å². The normalized spacial score (nSPS) is 10.5. The zero-order valence-electron chi connectivity index (χ0n) is 10.0. The minimum Gasteiger partial charge on any atom is -0.300 e. The smallest absolute Gasteiger partial charge is 0.0930 e. The molecular formula is C15H17NO. The van der Waals surface area contributed by atoms with Crippen molar-refractivity contribution in [3.05, 3.63) is 59.7 Å². The number of rotatable bonds is 4. The van der Waals surface area contributed by atoms with E-state index in [4.69, 9.17) is 10.7 Å². The first-order valence-electron chi connectivity index (χ1n) is 5.84. The summed E-state index contributed by atoms with van der Waals surface area (Å²) in [6.07, 6.45) is 1.02. The largest absolute Gasteiger partial charge is 0.300 e. The maximum Gasteiger partial charge on any atom is 0.0930 e. The fourth-order valence-electron chi connectivity index (χ4n) is 2.00. The monoisotopic (exact) mass is 227 g/mol. The average Bonchev–Trinajstić information content (AvgIpc) is 2.40. The van der Waals surface area contributed by atoms with E-state index >= 15 is 0 Å². The van der Waals surface area contributed by atoms with Crippen LogP contribution in [0.1, 0.15) is 18.1 Å². The maximum absolute atomic E-state index is 5.12. The zero-order valence-corrected chi connectivity index (χ0v) is 10.0. The molecule has 0 bridgehead atoms. The third-order valence-electron chi connectivity index (χ3n) is 2.89. The second-order valence-electron chi connectivity index (χ2n) is 4.02. The van der Waals surface area contributed by atoms with Gasteiger partial charge in [0, 0.05) is 0 Å². The number of hydrogen-bond acceptors (Lipinski definition) is 2. The second kappa shape index (κ2) is 5.62. The van der Waals surface area contributed by atoms with E-state index in [2.05, 4.69) is 49.4 Å². The van der Waals surface area contributed by atoms with Gasteiger partial charge in [-0.3, -0.25) is 4.84 Å². The van der Waals surface area contributed by atoms with E-state index in [9.17, 15) is 0 Å². The lowest BCUT2D eigenvalue weighted by Crippen LogP contribution is -1.99. The third-order valence-corrected chi connectivity index (χ3v) is 2.89. The first-order chi connectivity index (χ1) is 8.35. The van der Waals surface area contributed by atoms with E-state index in [1.165, 1.54) is 16.7 Å². The van der Waals surface area contributed by atoms with E-state index in [0.717, 1.165) is 12.0 Å². The molecule has 2 N–H and O–H groups in total. The van der Waals surface area contributed by atoms with Gasteiger partial charge >= 0.3 is 0 Å². The van der Waals surface area contributed by atoms with Crippen LogP contribution in [0.5, 0.6) is 0 Å². The molecule has 2 heteroatoms. The molecule has 2 nitrogen and oxygen atoms in total. The summed E-state index contributed by atoms with van der Waals surface area (Å²) >= 11 is 0. The quantitative estimate of drug-likeness (QED) is 0.813. The van der Waals surface area contributed by atoms with Crippen LogP contribution in [0, 0.1) is 0 Å². The highest BCUT2D eigenvalue weighted by Gasteiger charge is 2.04. The number of benzene rings is 2. The molecule has 0 radical (unpaired) electrons. The van der Waals surface area contributed by atoms with Crippen LogP contribution in [0.15, 0.2) is 48.5 Å². The van der Waals surface area contributed by atoms with Gasteiger partial charge in [0.15, 0.2) is 0 Å². The zero-order chi connectivity index (χ0) is 12.1. The standard InChI is InChI=1S/C15H17NO/c1-2-13-9-8-12(11-17-16)10-15(13)14-6-4-3-5-7-14/h3-10H,2,11,16H2,1H3. The lowest BCUT2D eigenvalue weighted by atomic mass is 9.96. The van der Waals surface area contributed by atoms with Gasteiger partial charge < -0.3 is 0 Å². The molecule has 0 spiro atoms. The van der Waals surface area contributed by atoms with Crippen molar-refractivity contribution in [1.29, 1.82) is 0 Å². The first kappa shape index (κ1) is 11.8. The molecule has 0 heterocycles. The van der Waals surface area contributed by atoms with Gasteiger partial charge in [-0.2, -0.15) is 0 Å². The van der Waals surface area contributed by atoms with E-state index in [0.29, 0.717) is 6.61 Å². The fourth-order valence-corrected chi connectivity index (χ4v) is 2.00. The van der Waals surface area contributed by atoms with Crippen molar-refractivity contribution < 1.29 is 4.84 Å². The molecular weight excluding hydrogens is 210 g/mol. The minimum atomic E-state index is 0.448. The Bertz CT molecular complexity index is 480. The predicted octanol–water partition coefficient (Wildman–Crippen LogP) is 3.31. The molecule has 0 aliphatic carbocycles. The van der Waals surface area contributed by atoms with Crippen LogP contribution < -0.4 is 5.90 Å². The van der Waals surface area contributed by atoms with Crippen LogP contribution in [-0.2, 0) is 17.9 Å². The van der Waals surface area contributed by atoms with Crippen LogP contribution in [0.4, 0.5) is 0 Å². The van der Waals surface area contributed by atoms with Gasteiger partial charge in [0.25, 0.3) is 0 Å². The average molecular weight is 227 g/mol. The topological polar surface area (TPSA) is 35.2 Å². The number of aryl methyl sites for hydroxylation is 1. The molecule has 0 amide bonds. The lowest BCUT2D eigenvalue weighted by molar-refractivity contribution is 0.124. The Hall–Kier alpha value is -1.64. The Morgan fingerprint density at radius 3 is 2.47 bits per heavy atom. The van der Waals surface area contributed by atoms with E-state index in [1.807, 2.05) is 6.07 Å². The van der Waals surface area contributed by atoms with Crippen molar-refractivity contribution >= 4 is 0 Å². The molecule has 88 valence electrons. The molecule has 0 aromatic heterocycles. The van der Waals surface area contributed by atoms with Gasteiger partial charge in [0.1, 0.15) is 0 Å². The van der Waals surface area contributed by atoms with Crippen LogP contribution in [-0.4, -0.2) is 0 Å². The first-order valence-corrected chi connectivity index (χ1v) is 5.84. The van der Waals surface area contributed by atoms with Gasteiger partial charge in [-0.25, -0.2) is 5.90 Å². The molecule has 0 fully saturated rings. The Morgan fingerprint density at radius 1 is 1.06 bits per heavy atom. The molecule has 17 heavy (non-hydrogen) atoms. The summed E-state index contributed by atoms with van der Waals surface area (Å²) in [5, 5.41) is 0. The number of hydrogen-bond donors (Lipinski definition) is 1. The van der Waals surface area contributed by atoms with Crippen molar-refractivity contribution in [2.75, 3.05) is 0 Å². The lowest BCUT2D eigenvalue weighted by Gasteiger charge is -2.10. The molecule has 0 saturated carbocycles. The molecule has 0 aliphatic rings. The third kappa shape index (κ3) is 2.73. The van der Waals surface area contributed by atoms with Crippen LogP contribution in [0.2, 0.25) is 0 Å². The van der Waals surface area contributed by atoms with Crippen molar-refractivity contribution in [1.82, 2.24) is 0 Å². The summed E-state index contributed by atoms with van der Waals surface area (Å²) < 4.78 is 0. The minimum absolute atomic E-state index is 0.448. The maximum atomic E-state index is 5.12. The molecule has 2 aromatic carbocycles. The highest BCUT2D eigenvalue weighted by atomic mass is 16.6. The SMILES string of the molecule is CCc1ccc(CON)cc1-c1ccccc1. The van der Waals surface area contributed by atoms with Crippen molar-refractivity contribution in [3.8, 4) is 11.1 Å². The fraction of sp³-hybridized carbons (Fsp3) is 0.200. The summed E-state index contributed by atoms with van der Waals surface area (Å²) in [5.74, 6) is 5.12. The highest BCUT2D eigenvalue weighted by molar-refractivity contribution is 5.68. The van der Waals surface area contributed by atoms with Crippen molar-refractivity contribution in [2.24, 2.45) is 5.90 Å². The van der Waals surface area contributed by atoms with Gasteiger partial charge in [0.2, 0.25) is 0 Å². The summed E-state index contributed by atoms with van der Waals surface area (Å²) in [6.45, 7) is 2.62. The molecule has 0 atom stereocenters. The van der Waals surface area contributed by atoms with Gasteiger partial charge in [-0.05, 0) is 34.7 Å². The van der Waals surface area contributed by atoms with Crippen LogP contribution in [0.3, 0.4) is 0 Å². The highest BCUT2D eigenvalue weighted by Crippen LogP contribution is 2.25. The Morgan fingerprint density at radius 2 is 1.82 bits per heavy atom. The molecule has 0 aliphatic heterocycles. The Balaban J connectivity index is 2.46. The Labute approximate surface area is 102 Å². The van der Waals surface area contributed by atoms with E-state index in [-0.39, 0.29) is 0 Å². The van der Waals surface area contributed by atoms with Crippen LogP contribution in [0.25, 0.3) is 11.1 Å². The second-order valence-corrected chi connectivity index (χ2v) is 4.02. The van der Waals surface area contributed by atoms with E-state index < -0.39 is 0 Å². The van der Waals surface area contributed by atoms with Gasteiger partial charge in [-0.1, -0.05) is 49.4 Å². The van der Waals surface area contributed by atoms with Crippen LogP contribution >= 0.6 is 0 Å². The van der Waals surface area contributed by atoms with Crippen molar-refractivity contribution in [3.63, 3.8) is 0 Å². The summed E-state index contributed by atoms with van der Waals surface area (Å²) in [7, 11) is 0. The van der Waals surface area contributed by atoms with Crippen molar-refractivity contribution in [2.45, 2.75) is 20.0 Å². The molecule has 0 unspecified atom stereocenters. The Kier molecular flexibility index (Phi) is 3.91. The predicted molar refractivity (Wildman–Crippen MR) is 70.2 cm³/mol. The summed E-state index contributed by atoms with van der Waals surface area (Å²) in [4.78, 5) is 4.69. The molecule has 0 saturated heterocycles. The molecule has 2 rings (SSSR count).